The highest BCUT2D eigenvalue weighted by Gasteiger charge is 2.19. The molecule has 6 nitrogen and oxygen atoms in total. The summed E-state index contributed by atoms with van der Waals surface area (Å²) in [4.78, 5) is 23.7. The lowest BCUT2D eigenvalue weighted by Crippen LogP contribution is -2.13. The zero-order valence-corrected chi connectivity index (χ0v) is 13.7. The third kappa shape index (κ3) is 3.64. The fourth-order valence-electron chi connectivity index (χ4n) is 1.71. The number of carboxylic acids is 1. The first-order valence-electron chi connectivity index (χ1n) is 6.06. The van der Waals surface area contributed by atoms with Gasteiger partial charge in [0.05, 0.1) is 11.3 Å². The number of anilines is 1. The summed E-state index contributed by atoms with van der Waals surface area (Å²) in [6, 6.07) is 4.49. The SMILES string of the molecule is CC(C)c1nnsc1C(=O)Nc1cc(Br)cc(C(=O)O)c1. The standard InChI is InChI=1S/C13H12BrN3O3S/c1-6(2)10-11(21-17-16-10)12(18)15-9-4-7(13(19)20)3-8(14)5-9/h3-6H,1-2H3,(H,15,18)(H,19,20). The third-order valence-electron chi connectivity index (χ3n) is 2.67. The minimum Gasteiger partial charge on any atom is -0.478 e. The number of aromatic nitrogens is 2. The van der Waals surface area contributed by atoms with E-state index in [1.165, 1.54) is 12.1 Å². The van der Waals surface area contributed by atoms with Crippen LogP contribution in [-0.4, -0.2) is 26.6 Å². The van der Waals surface area contributed by atoms with E-state index in [0.717, 1.165) is 11.5 Å². The Kier molecular flexibility index (Phi) is 4.69. The number of amides is 1. The molecule has 0 aliphatic heterocycles. The number of aromatic carboxylic acids is 1. The maximum absolute atomic E-state index is 12.2. The van der Waals surface area contributed by atoms with E-state index >= 15 is 0 Å². The Labute approximate surface area is 133 Å². The molecule has 1 heterocycles. The van der Waals surface area contributed by atoms with Crippen LogP contribution < -0.4 is 5.32 Å². The number of nitrogens with zero attached hydrogens (tertiary/aromatic N) is 2. The first-order chi connectivity index (χ1) is 9.88. The Morgan fingerprint density at radius 3 is 2.67 bits per heavy atom. The molecular formula is C13H12BrN3O3S. The molecule has 8 heteroatoms. The maximum atomic E-state index is 12.2. The van der Waals surface area contributed by atoms with Crippen LogP contribution in [0, 0.1) is 0 Å². The predicted octanol–water partition coefficient (Wildman–Crippen LogP) is 3.37. The van der Waals surface area contributed by atoms with E-state index < -0.39 is 5.97 Å². The molecule has 0 aliphatic rings. The second-order valence-electron chi connectivity index (χ2n) is 4.63. The van der Waals surface area contributed by atoms with Crippen molar-refractivity contribution in [1.82, 2.24) is 9.59 Å². The normalized spacial score (nSPS) is 10.7. The molecule has 0 saturated heterocycles. The molecule has 2 N–H and O–H groups in total. The Morgan fingerprint density at radius 1 is 1.33 bits per heavy atom. The lowest BCUT2D eigenvalue weighted by molar-refractivity contribution is 0.0696. The number of rotatable bonds is 4. The van der Waals surface area contributed by atoms with Crippen molar-refractivity contribution in [2.75, 3.05) is 5.32 Å². The molecule has 0 saturated carbocycles. The van der Waals surface area contributed by atoms with E-state index in [-0.39, 0.29) is 17.4 Å². The van der Waals surface area contributed by atoms with Gasteiger partial charge in [-0.1, -0.05) is 34.3 Å². The number of nitrogens with one attached hydrogen (secondary N) is 1. The summed E-state index contributed by atoms with van der Waals surface area (Å²) in [6.45, 7) is 3.85. The van der Waals surface area contributed by atoms with Crippen molar-refractivity contribution >= 4 is 45.0 Å². The van der Waals surface area contributed by atoms with Gasteiger partial charge in [-0.25, -0.2) is 4.79 Å². The van der Waals surface area contributed by atoms with Gasteiger partial charge < -0.3 is 10.4 Å². The molecule has 0 atom stereocenters. The average Bonchev–Trinajstić information content (AvgIpc) is 2.87. The maximum Gasteiger partial charge on any atom is 0.335 e. The summed E-state index contributed by atoms with van der Waals surface area (Å²) in [6.07, 6.45) is 0. The van der Waals surface area contributed by atoms with Gasteiger partial charge >= 0.3 is 5.97 Å². The van der Waals surface area contributed by atoms with Gasteiger partial charge in [-0.2, -0.15) is 0 Å². The van der Waals surface area contributed by atoms with Gasteiger partial charge in [-0.15, -0.1) is 5.10 Å². The smallest absolute Gasteiger partial charge is 0.335 e. The van der Waals surface area contributed by atoms with Crippen LogP contribution in [0.1, 0.15) is 45.5 Å². The Morgan fingerprint density at radius 2 is 2.05 bits per heavy atom. The number of carbonyl (C=O) groups excluding carboxylic acids is 1. The quantitative estimate of drug-likeness (QED) is 0.861. The molecular weight excluding hydrogens is 358 g/mol. The number of hydrogen-bond acceptors (Lipinski definition) is 5. The summed E-state index contributed by atoms with van der Waals surface area (Å²) in [7, 11) is 0. The molecule has 1 aromatic carbocycles. The molecule has 0 radical (unpaired) electrons. The molecule has 2 rings (SSSR count). The van der Waals surface area contributed by atoms with Gasteiger partial charge in [0.15, 0.2) is 0 Å². The van der Waals surface area contributed by atoms with Crippen LogP contribution in [0.15, 0.2) is 22.7 Å². The van der Waals surface area contributed by atoms with Crippen molar-refractivity contribution in [1.29, 1.82) is 0 Å². The van der Waals surface area contributed by atoms with Crippen LogP contribution in [0.25, 0.3) is 0 Å². The highest BCUT2D eigenvalue weighted by molar-refractivity contribution is 9.10. The van der Waals surface area contributed by atoms with Gasteiger partial charge in [0.1, 0.15) is 4.88 Å². The minimum absolute atomic E-state index is 0.0848. The van der Waals surface area contributed by atoms with Crippen molar-refractivity contribution in [2.24, 2.45) is 0 Å². The van der Waals surface area contributed by atoms with Gasteiger partial charge in [0.25, 0.3) is 5.91 Å². The van der Waals surface area contributed by atoms with Crippen LogP contribution in [0.5, 0.6) is 0 Å². The van der Waals surface area contributed by atoms with E-state index in [0.29, 0.717) is 20.7 Å². The second-order valence-corrected chi connectivity index (χ2v) is 6.30. The summed E-state index contributed by atoms with van der Waals surface area (Å²) in [5.41, 5.74) is 1.12. The molecule has 0 unspecified atom stereocenters. The second kappa shape index (κ2) is 6.31. The topological polar surface area (TPSA) is 92.2 Å². The summed E-state index contributed by atoms with van der Waals surface area (Å²) < 4.78 is 4.37. The molecule has 1 amide bonds. The summed E-state index contributed by atoms with van der Waals surface area (Å²) >= 11 is 4.24. The molecule has 1 aromatic heterocycles. The lowest BCUT2D eigenvalue weighted by Gasteiger charge is -2.07. The van der Waals surface area contributed by atoms with Crippen molar-refractivity contribution in [3.8, 4) is 0 Å². The van der Waals surface area contributed by atoms with Crippen molar-refractivity contribution in [3.05, 3.63) is 38.8 Å². The summed E-state index contributed by atoms with van der Waals surface area (Å²) in [5.74, 6) is -1.32. The van der Waals surface area contributed by atoms with Crippen LogP contribution in [-0.2, 0) is 0 Å². The Hall–Kier alpha value is -1.80. The highest BCUT2D eigenvalue weighted by atomic mass is 79.9. The number of carbonyl (C=O) groups is 2. The van der Waals surface area contributed by atoms with Crippen LogP contribution in [0.2, 0.25) is 0 Å². The molecule has 21 heavy (non-hydrogen) atoms. The zero-order chi connectivity index (χ0) is 15.6. The third-order valence-corrected chi connectivity index (χ3v) is 3.87. The van der Waals surface area contributed by atoms with E-state index in [1.54, 1.807) is 6.07 Å². The van der Waals surface area contributed by atoms with Crippen LogP contribution >= 0.6 is 27.5 Å². The number of carboxylic acid groups (broad SMARTS) is 1. The fourth-order valence-corrected chi connectivity index (χ4v) is 2.91. The fraction of sp³-hybridized carbons (Fsp3) is 0.231. The monoisotopic (exact) mass is 369 g/mol. The van der Waals surface area contributed by atoms with Crippen LogP contribution in [0.4, 0.5) is 5.69 Å². The van der Waals surface area contributed by atoms with E-state index in [2.05, 4.69) is 30.8 Å². The zero-order valence-electron chi connectivity index (χ0n) is 11.3. The molecule has 2 aromatic rings. The lowest BCUT2D eigenvalue weighted by atomic mass is 10.1. The highest BCUT2D eigenvalue weighted by Crippen LogP contribution is 2.23. The molecule has 0 bridgehead atoms. The van der Waals surface area contributed by atoms with Gasteiger partial charge in [0.2, 0.25) is 0 Å². The van der Waals surface area contributed by atoms with Crippen molar-refractivity contribution in [2.45, 2.75) is 19.8 Å². The Bertz CT molecular complexity index is 700. The molecule has 110 valence electrons. The largest absolute Gasteiger partial charge is 0.478 e. The number of halogens is 1. The Balaban J connectivity index is 2.27. The van der Waals surface area contributed by atoms with Gasteiger partial charge in [0, 0.05) is 10.2 Å². The van der Waals surface area contributed by atoms with Crippen molar-refractivity contribution < 1.29 is 14.7 Å². The van der Waals surface area contributed by atoms with Gasteiger partial charge in [-0.3, -0.25) is 4.79 Å². The summed E-state index contributed by atoms with van der Waals surface area (Å²) in [5, 5.41) is 15.6. The molecule has 0 spiro atoms. The number of benzene rings is 1. The molecule has 0 aliphatic carbocycles. The van der Waals surface area contributed by atoms with Crippen molar-refractivity contribution in [3.63, 3.8) is 0 Å². The van der Waals surface area contributed by atoms with E-state index in [4.69, 9.17) is 5.11 Å². The predicted molar refractivity (Wildman–Crippen MR) is 83.1 cm³/mol. The van der Waals surface area contributed by atoms with Gasteiger partial charge in [-0.05, 0) is 35.6 Å². The minimum atomic E-state index is -1.06. The van der Waals surface area contributed by atoms with E-state index in [1.807, 2.05) is 13.8 Å². The van der Waals surface area contributed by atoms with Crippen LogP contribution in [0.3, 0.4) is 0 Å². The number of hydrogen-bond donors (Lipinski definition) is 2. The molecule has 0 fully saturated rings. The first-order valence-corrected chi connectivity index (χ1v) is 7.62. The van der Waals surface area contributed by atoms with E-state index in [9.17, 15) is 9.59 Å². The first kappa shape index (κ1) is 15.6. The average molecular weight is 370 g/mol.